The third kappa shape index (κ3) is 5.82. The summed E-state index contributed by atoms with van der Waals surface area (Å²) in [4.78, 5) is 36.5. The molecule has 27 heavy (non-hydrogen) atoms. The SMILES string of the molecule is Cc1ccc(NC(=O)[C@H](C)OC(=O)[C@H](C)NC(=O)c2ccccc2Cl)cc1. The van der Waals surface area contributed by atoms with Gasteiger partial charge in [-0.3, -0.25) is 9.59 Å². The van der Waals surface area contributed by atoms with Crippen LogP contribution in [0.3, 0.4) is 0 Å². The van der Waals surface area contributed by atoms with Gasteiger partial charge in [-0.15, -0.1) is 0 Å². The van der Waals surface area contributed by atoms with E-state index in [0.717, 1.165) is 5.56 Å². The molecule has 0 aliphatic heterocycles. The molecule has 0 saturated heterocycles. The van der Waals surface area contributed by atoms with E-state index < -0.39 is 29.9 Å². The fraction of sp³-hybridized carbons (Fsp3) is 0.250. The number of aryl methyl sites for hydroxylation is 1. The van der Waals surface area contributed by atoms with E-state index in [1.807, 2.05) is 19.1 Å². The van der Waals surface area contributed by atoms with Crippen molar-refractivity contribution in [3.8, 4) is 0 Å². The first-order valence-electron chi connectivity index (χ1n) is 8.41. The Morgan fingerprint density at radius 2 is 1.63 bits per heavy atom. The van der Waals surface area contributed by atoms with Crippen LogP contribution in [0.15, 0.2) is 48.5 Å². The van der Waals surface area contributed by atoms with Crippen LogP contribution in [0.4, 0.5) is 5.69 Å². The van der Waals surface area contributed by atoms with Crippen molar-refractivity contribution < 1.29 is 19.1 Å². The van der Waals surface area contributed by atoms with Crippen molar-refractivity contribution in [3.63, 3.8) is 0 Å². The highest BCUT2D eigenvalue weighted by Crippen LogP contribution is 2.15. The Hall–Kier alpha value is -2.86. The third-order valence-electron chi connectivity index (χ3n) is 3.80. The van der Waals surface area contributed by atoms with Crippen LogP contribution in [0.1, 0.15) is 29.8 Å². The van der Waals surface area contributed by atoms with Crippen molar-refractivity contribution in [2.75, 3.05) is 5.32 Å². The van der Waals surface area contributed by atoms with Gasteiger partial charge in [0.25, 0.3) is 11.8 Å². The van der Waals surface area contributed by atoms with E-state index in [4.69, 9.17) is 16.3 Å². The summed E-state index contributed by atoms with van der Waals surface area (Å²) in [6, 6.07) is 12.8. The molecule has 2 aromatic rings. The van der Waals surface area contributed by atoms with Gasteiger partial charge in [-0.25, -0.2) is 4.79 Å². The zero-order valence-corrected chi connectivity index (χ0v) is 16.0. The third-order valence-corrected chi connectivity index (χ3v) is 4.13. The number of hydrogen-bond donors (Lipinski definition) is 2. The molecule has 0 radical (unpaired) electrons. The van der Waals surface area contributed by atoms with Crippen molar-refractivity contribution in [2.24, 2.45) is 0 Å². The van der Waals surface area contributed by atoms with E-state index in [2.05, 4.69) is 10.6 Å². The van der Waals surface area contributed by atoms with Crippen LogP contribution in [0.25, 0.3) is 0 Å². The molecule has 0 aliphatic carbocycles. The summed E-state index contributed by atoms with van der Waals surface area (Å²) in [6.07, 6.45) is -1.02. The Morgan fingerprint density at radius 1 is 1.00 bits per heavy atom. The van der Waals surface area contributed by atoms with Crippen LogP contribution in [0, 0.1) is 6.92 Å². The van der Waals surface area contributed by atoms with E-state index in [0.29, 0.717) is 5.69 Å². The summed E-state index contributed by atoms with van der Waals surface area (Å²) in [5, 5.41) is 5.45. The van der Waals surface area contributed by atoms with Gasteiger partial charge in [0.15, 0.2) is 6.10 Å². The monoisotopic (exact) mass is 388 g/mol. The van der Waals surface area contributed by atoms with Crippen molar-refractivity contribution in [2.45, 2.75) is 32.9 Å². The maximum Gasteiger partial charge on any atom is 0.329 e. The Balaban J connectivity index is 1.89. The number of anilines is 1. The lowest BCUT2D eigenvalue weighted by Gasteiger charge is -2.18. The summed E-state index contributed by atoms with van der Waals surface area (Å²) in [5.74, 6) is -1.68. The molecule has 2 atom stereocenters. The number of carbonyl (C=O) groups is 3. The second kappa shape index (κ2) is 9.19. The number of halogens is 1. The minimum Gasteiger partial charge on any atom is -0.451 e. The molecule has 0 aromatic heterocycles. The van der Waals surface area contributed by atoms with E-state index in [1.165, 1.54) is 13.8 Å². The van der Waals surface area contributed by atoms with Crippen LogP contribution < -0.4 is 10.6 Å². The zero-order valence-electron chi connectivity index (χ0n) is 15.3. The first kappa shape index (κ1) is 20.5. The van der Waals surface area contributed by atoms with Gasteiger partial charge in [-0.2, -0.15) is 0 Å². The second-order valence-electron chi connectivity index (χ2n) is 6.11. The smallest absolute Gasteiger partial charge is 0.329 e. The highest BCUT2D eigenvalue weighted by atomic mass is 35.5. The molecule has 0 saturated carbocycles. The number of hydrogen-bond acceptors (Lipinski definition) is 4. The van der Waals surface area contributed by atoms with Crippen molar-refractivity contribution in [1.82, 2.24) is 5.32 Å². The number of benzene rings is 2. The number of ether oxygens (including phenoxy) is 1. The molecule has 2 amide bonds. The number of nitrogens with one attached hydrogen (secondary N) is 2. The summed E-state index contributed by atoms with van der Waals surface area (Å²) in [7, 11) is 0. The second-order valence-corrected chi connectivity index (χ2v) is 6.52. The molecule has 2 aromatic carbocycles. The predicted octanol–water partition coefficient (Wildman–Crippen LogP) is 3.34. The fourth-order valence-electron chi connectivity index (χ4n) is 2.19. The molecule has 0 fully saturated rings. The predicted molar refractivity (Wildman–Crippen MR) is 104 cm³/mol. The topological polar surface area (TPSA) is 84.5 Å². The average Bonchev–Trinajstić information content (AvgIpc) is 2.63. The van der Waals surface area contributed by atoms with Gasteiger partial charge in [0, 0.05) is 5.69 Å². The van der Waals surface area contributed by atoms with Gasteiger partial charge in [-0.05, 0) is 45.0 Å². The molecule has 0 spiro atoms. The molecule has 0 heterocycles. The van der Waals surface area contributed by atoms with Crippen molar-refractivity contribution >= 4 is 35.1 Å². The molecular weight excluding hydrogens is 368 g/mol. The number of rotatable bonds is 6. The van der Waals surface area contributed by atoms with Crippen LogP contribution in [0.2, 0.25) is 5.02 Å². The number of amides is 2. The normalized spacial score (nSPS) is 12.6. The fourth-order valence-corrected chi connectivity index (χ4v) is 2.41. The van der Waals surface area contributed by atoms with Crippen LogP contribution in [-0.2, 0) is 14.3 Å². The lowest BCUT2D eigenvalue weighted by Crippen LogP contribution is -2.42. The molecule has 0 aliphatic rings. The molecule has 0 unspecified atom stereocenters. The first-order valence-corrected chi connectivity index (χ1v) is 8.79. The van der Waals surface area contributed by atoms with Gasteiger partial charge in [0.2, 0.25) is 0 Å². The van der Waals surface area contributed by atoms with E-state index in [9.17, 15) is 14.4 Å². The molecule has 7 heteroatoms. The van der Waals surface area contributed by atoms with Crippen LogP contribution in [0.5, 0.6) is 0 Å². The lowest BCUT2D eigenvalue weighted by atomic mass is 10.2. The summed E-state index contributed by atoms with van der Waals surface area (Å²) >= 11 is 5.96. The number of esters is 1. The zero-order chi connectivity index (χ0) is 20.0. The van der Waals surface area contributed by atoms with Gasteiger partial charge in [-0.1, -0.05) is 41.4 Å². The van der Waals surface area contributed by atoms with Gasteiger partial charge in [0.1, 0.15) is 6.04 Å². The maximum absolute atomic E-state index is 12.2. The molecule has 6 nitrogen and oxygen atoms in total. The summed E-state index contributed by atoms with van der Waals surface area (Å²) in [6.45, 7) is 4.88. The van der Waals surface area contributed by atoms with E-state index >= 15 is 0 Å². The standard InChI is InChI=1S/C20H21ClN2O4/c1-12-8-10-15(11-9-12)23-18(24)14(3)27-20(26)13(2)22-19(25)16-6-4-5-7-17(16)21/h4-11,13-14H,1-3H3,(H,22,25)(H,23,24)/t13-,14-/m0/s1. The molecule has 142 valence electrons. The average molecular weight is 389 g/mol. The summed E-state index contributed by atoms with van der Waals surface area (Å²) < 4.78 is 5.14. The molecular formula is C20H21ClN2O4. The summed E-state index contributed by atoms with van der Waals surface area (Å²) in [5.41, 5.74) is 1.92. The first-order chi connectivity index (χ1) is 12.8. The number of carbonyl (C=O) groups excluding carboxylic acids is 3. The highest BCUT2D eigenvalue weighted by molar-refractivity contribution is 6.33. The minimum atomic E-state index is -1.02. The van der Waals surface area contributed by atoms with Crippen LogP contribution in [-0.4, -0.2) is 29.9 Å². The van der Waals surface area contributed by atoms with Gasteiger partial charge in [0.05, 0.1) is 10.6 Å². The molecule has 2 N–H and O–H groups in total. The van der Waals surface area contributed by atoms with Gasteiger partial charge < -0.3 is 15.4 Å². The maximum atomic E-state index is 12.2. The Kier molecular flexibility index (Phi) is 6.96. The lowest BCUT2D eigenvalue weighted by molar-refractivity contribution is -0.154. The van der Waals surface area contributed by atoms with Crippen molar-refractivity contribution in [3.05, 3.63) is 64.7 Å². The molecule has 0 bridgehead atoms. The van der Waals surface area contributed by atoms with E-state index in [-0.39, 0.29) is 10.6 Å². The Labute approximate surface area is 162 Å². The van der Waals surface area contributed by atoms with Crippen LogP contribution >= 0.6 is 11.6 Å². The largest absolute Gasteiger partial charge is 0.451 e. The van der Waals surface area contributed by atoms with Gasteiger partial charge >= 0.3 is 5.97 Å². The molecule has 2 rings (SSSR count). The van der Waals surface area contributed by atoms with Crippen molar-refractivity contribution in [1.29, 1.82) is 0 Å². The highest BCUT2D eigenvalue weighted by Gasteiger charge is 2.24. The quantitative estimate of drug-likeness (QED) is 0.743. The van der Waals surface area contributed by atoms with E-state index in [1.54, 1.807) is 36.4 Å². The Morgan fingerprint density at radius 3 is 2.26 bits per heavy atom. The Bertz CT molecular complexity index is 836. The minimum absolute atomic E-state index is 0.254.